The molecule has 0 radical (unpaired) electrons. The summed E-state index contributed by atoms with van der Waals surface area (Å²) < 4.78 is 0. The van der Waals surface area contributed by atoms with Crippen LogP contribution < -0.4 is 0 Å². The summed E-state index contributed by atoms with van der Waals surface area (Å²) in [6.07, 6.45) is 7.42. The molecule has 0 aromatic carbocycles. The summed E-state index contributed by atoms with van der Waals surface area (Å²) in [5, 5.41) is 8.67. The Morgan fingerprint density at radius 3 is 2.00 bits per heavy atom. The maximum atomic E-state index is 10.5. The second-order valence-electron chi connectivity index (χ2n) is 2.44. The predicted molar refractivity (Wildman–Crippen MR) is 36.4 cm³/mol. The highest BCUT2D eigenvalue weighted by molar-refractivity contribution is 5.83. The summed E-state index contributed by atoms with van der Waals surface area (Å²) in [5.74, 6) is -1.11. The van der Waals surface area contributed by atoms with E-state index in [4.69, 9.17) is 5.11 Å². The number of hydrogen-bond acceptors (Lipinski definition) is 1. The SMILES string of the molecule is O=C(O)C1C2=CC=C1C=C2. The van der Waals surface area contributed by atoms with Gasteiger partial charge in [-0.15, -0.1) is 0 Å². The Bertz CT molecular complexity index is 260. The van der Waals surface area contributed by atoms with Crippen LogP contribution in [-0.4, -0.2) is 11.1 Å². The van der Waals surface area contributed by atoms with Crippen molar-refractivity contribution >= 4 is 5.97 Å². The molecule has 0 unspecified atom stereocenters. The molecular formula is C8H6O2. The van der Waals surface area contributed by atoms with Crippen molar-refractivity contribution in [2.75, 3.05) is 0 Å². The molecule has 0 aromatic rings. The molecule has 0 saturated carbocycles. The minimum Gasteiger partial charge on any atom is -0.481 e. The lowest BCUT2D eigenvalue weighted by Crippen LogP contribution is -2.11. The monoisotopic (exact) mass is 134 g/mol. The van der Waals surface area contributed by atoms with Crippen molar-refractivity contribution in [2.24, 2.45) is 5.92 Å². The summed E-state index contributed by atoms with van der Waals surface area (Å²) in [6, 6.07) is 0. The lowest BCUT2D eigenvalue weighted by atomic mass is 10.0. The molecule has 0 fully saturated rings. The normalized spacial score (nSPS) is 21.2. The molecule has 1 N–H and O–H groups in total. The van der Waals surface area contributed by atoms with Crippen molar-refractivity contribution in [3.05, 3.63) is 35.5 Å². The third-order valence-corrected chi connectivity index (χ3v) is 1.85. The van der Waals surface area contributed by atoms with E-state index in [0.717, 1.165) is 11.1 Å². The number of carbonyl (C=O) groups is 1. The molecule has 2 nitrogen and oxygen atoms in total. The van der Waals surface area contributed by atoms with Crippen molar-refractivity contribution in [3.8, 4) is 0 Å². The third kappa shape index (κ3) is 0.506. The first-order valence-electron chi connectivity index (χ1n) is 3.12. The zero-order chi connectivity index (χ0) is 7.14. The highest BCUT2D eigenvalue weighted by Crippen LogP contribution is 2.34. The van der Waals surface area contributed by atoms with Gasteiger partial charge in [-0.05, 0) is 11.1 Å². The zero-order valence-corrected chi connectivity index (χ0v) is 5.24. The van der Waals surface area contributed by atoms with Gasteiger partial charge in [-0.1, -0.05) is 24.3 Å². The van der Waals surface area contributed by atoms with Crippen LogP contribution in [0.5, 0.6) is 0 Å². The molecule has 10 heavy (non-hydrogen) atoms. The fraction of sp³-hybridized carbons (Fsp3) is 0.125. The van der Waals surface area contributed by atoms with Crippen LogP contribution in [0.1, 0.15) is 0 Å². The Balaban J connectivity index is 2.42. The van der Waals surface area contributed by atoms with Crippen molar-refractivity contribution in [2.45, 2.75) is 0 Å². The molecule has 50 valence electrons. The molecular weight excluding hydrogens is 128 g/mol. The Morgan fingerprint density at radius 2 is 1.80 bits per heavy atom. The minimum absolute atomic E-state index is 0.361. The van der Waals surface area contributed by atoms with E-state index in [-0.39, 0.29) is 5.92 Å². The van der Waals surface area contributed by atoms with Gasteiger partial charge in [0.2, 0.25) is 0 Å². The molecule has 2 aliphatic carbocycles. The molecule has 0 atom stereocenters. The molecule has 0 aromatic heterocycles. The summed E-state index contributed by atoms with van der Waals surface area (Å²) in [7, 11) is 0. The van der Waals surface area contributed by atoms with Crippen LogP contribution in [0.2, 0.25) is 0 Å². The van der Waals surface area contributed by atoms with Crippen LogP contribution >= 0.6 is 0 Å². The van der Waals surface area contributed by atoms with Gasteiger partial charge in [-0.2, -0.15) is 0 Å². The highest BCUT2D eigenvalue weighted by Gasteiger charge is 2.30. The Kier molecular flexibility index (Phi) is 0.873. The Morgan fingerprint density at radius 1 is 1.30 bits per heavy atom. The summed E-state index contributed by atoms with van der Waals surface area (Å²) in [4.78, 5) is 10.5. The minimum atomic E-state index is -0.750. The number of hydrogen-bond donors (Lipinski definition) is 1. The first-order valence-corrected chi connectivity index (χ1v) is 3.12. The first kappa shape index (κ1) is 5.47. The van der Waals surface area contributed by atoms with E-state index >= 15 is 0 Å². The summed E-state index contributed by atoms with van der Waals surface area (Å²) in [6.45, 7) is 0. The van der Waals surface area contributed by atoms with Gasteiger partial charge in [0.1, 0.15) is 5.92 Å². The highest BCUT2D eigenvalue weighted by atomic mass is 16.4. The largest absolute Gasteiger partial charge is 0.481 e. The van der Waals surface area contributed by atoms with Gasteiger partial charge < -0.3 is 5.11 Å². The van der Waals surface area contributed by atoms with Crippen LogP contribution in [0.4, 0.5) is 0 Å². The maximum absolute atomic E-state index is 10.5. The van der Waals surface area contributed by atoms with Crippen molar-refractivity contribution in [1.82, 2.24) is 0 Å². The van der Waals surface area contributed by atoms with Crippen LogP contribution in [0.3, 0.4) is 0 Å². The van der Waals surface area contributed by atoms with Crippen LogP contribution in [-0.2, 0) is 4.79 Å². The van der Waals surface area contributed by atoms with E-state index in [2.05, 4.69) is 0 Å². The van der Waals surface area contributed by atoms with Gasteiger partial charge in [0.25, 0.3) is 0 Å². The smallest absolute Gasteiger partial charge is 0.315 e. The van der Waals surface area contributed by atoms with Crippen molar-refractivity contribution < 1.29 is 9.90 Å². The van der Waals surface area contributed by atoms with Gasteiger partial charge in [0, 0.05) is 0 Å². The molecule has 2 aliphatic rings. The number of fused-ring (bicyclic) bond motifs is 2. The molecule has 2 heteroatoms. The van der Waals surface area contributed by atoms with Gasteiger partial charge in [-0.25, -0.2) is 0 Å². The standard InChI is InChI=1S/C8H6O2/c9-8(10)7-5-1-2-6(7)4-3-5/h1-4,7H,(H,9,10). The molecule has 0 amide bonds. The van der Waals surface area contributed by atoms with Crippen molar-refractivity contribution in [1.29, 1.82) is 0 Å². The van der Waals surface area contributed by atoms with E-state index in [0.29, 0.717) is 0 Å². The van der Waals surface area contributed by atoms with E-state index in [1.54, 1.807) is 0 Å². The fourth-order valence-electron chi connectivity index (χ4n) is 1.36. The average Bonchev–Trinajstić information content (AvgIpc) is 2.43. The summed E-state index contributed by atoms with van der Waals surface area (Å²) in [5.41, 5.74) is 1.81. The van der Waals surface area contributed by atoms with Gasteiger partial charge in [-0.3, -0.25) is 4.79 Å². The first-order chi connectivity index (χ1) is 4.79. The summed E-state index contributed by atoms with van der Waals surface area (Å²) >= 11 is 0. The number of carboxylic acid groups (broad SMARTS) is 1. The molecule has 0 heterocycles. The fourth-order valence-corrected chi connectivity index (χ4v) is 1.36. The quantitative estimate of drug-likeness (QED) is 0.583. The zero-order valence-electron chi connectivity index (χ0n) is 5.24. The van der Waals surface area contributed by atoms with E-state index < -0.39 is 5.97 Å². The topological polar surface area (TPSA) is 37.3 Å². The molecule has 0 aliphatic heterocycles. The van der Waals surface area contributed by atoms with Gasteiger partial charge >= 0.3 is 5.97 Å². The van der Waals surface area contributed by atoms with E-state index in [1.807, 2.05) is 24.3 Å². The van der Waals surface area contributed by atoms with Crippen molar-refractivity contribution in [3.63, 3.8) is 0 Å². The number of carboxylic acids is 1. The number of rotatable bonds is 1. The van der Waals surface area contributed by atoms with Crippen LogP contribution in [0.15, 0.2) is 35.5 Å². The molecule has 0 spiro atoms. The second kappa shape index (κ2) is 1.59. The van der Waals surface area contributed by atoms with E-state index in [1.165, 1.54) is 0 Å². The maximum Gasteiger partial charge on any atom is 0.315 e. The second-order valence-corrected chi connectivity index (χ2v) is 2.44. The predicted octanol–water partition coefficient (Wildman–Crippen LogP) is 1.12. The third-order valence-electron chi connectivity index (χ3n) is 1.85. The Hall–Kier alpha value is -1.31. The molecule has 2 rings (SSSR count). The van der Waals surface area contributed by atoms with Gasteiger partial charge in [0.05, 0.1) is 0 Å². The average molecular weight is 134 g/mol. The lowest BCUT2D eigenvalue weighted by molar-refractivity contribution is -0.138. The Labute approximate surface area is 58.2 Å². The number of aliphatic carboxylic acids is 1. The van der Waals surface area contributed by atoms with E-state index in [9.17, 15) is 4.79 Å². The number of allylic oxidation sites excluding steroid dienone is 4. The van der Waals surface area contributed by atoms with Crippen LogP contribution in [0, 0.1) is 5.92 Å². The van der Waals surface area contributed by atoms with Crippen LogP contribution in [0.25, 0.3) is 0 Å². The molecule has 2 bridgehead atoms. The molecule has 0 saturated heterocycles. The lowest BCUT2D eigenvalue weighted by Gasteiger charge is -2.01. The van der Waals surface area contributed by atoms with Gasteiger partial charge in [0.15, 0.2) is 0 Å².